The van der Waals surface area contributed by atoms with Gasteiger partial charge in [-0.3, -0.25) is 9.59 Å². The smallest absolute Gasteiger partial charge is 0.218 e. The average Bonchev–Trinajstić information content (AvgIpc) is 2.77. The van der Waals surface area contributed by atoms with Gasteiger partial charge in [-0.15, -0.1) is 11.3 Å². The van der Waals surface area contributed by atoms with Crippen molar-refractivity contribution in [2.24, 2.45) is 17.8 Å². The highest BCUT2D eigenvalue weighted by Crippen LogP contribution is 2.57. The van der Waals surface area contributed by atoms with Gasteiger partial charge in [0.05, 0.1) is 17.6 Å². The van der Waals surface area contributed by atoms with Crippen molar-refractivity contribution in [3.63, 3.8) is 0 Å². The second-order valence-electron chi connectivity index (χ2n) is 4.71. The van der Waals surface area contributed by atoms with E-state index in [-0.39, 0.29) is 35.4 Å². The molecule has 1 aromatic heterocycles. The molecule has 3 aliphatic rings. The van der Waals surface area contributed by atoms with E-state index in [2.05, 4.69) is 0 Å². The van der Waals surface area contributed by atoms with Gasteiger partial charge in [0.2, 0.25) is 6.29 Å². The molecule has 88 valence electrons. The number of ketones is 2. The zero-order valence-electron chi connectivity index (χ0n) is 8.87. The SMILES string of the molecule is O=C(c1cccs1)[C@@H]1[C@H]2C(=O)[C@H]3OC[C@@H](O3)[C@H]12. The number of Topliss-reactive ketones (excluding diaryl/α,β-unsaturated/α-hetero) is 2. The van der Waals surface area contributed by atoms with Crippen molar-refractivity contribution in [2.45, 2.75) is 12.4 Å². The van der Waals surface area contributed by atoms with E-state index >= 15 is 0 Å². The lowest BCUT2D eigenvalue weighted by atomic mass is 10.1. The number of fused-ring (bicyclic) bond motifs is 4. The minimum atomic E-state index is -0.706. The van der Waals surface area contributed by atoms with Crippen LogP contribution in [0.1, 0.15) is 9.67 Å². The summed E-state index contributed by atoms with van der Waals surface area (Å²) < 4.78 is 10.7. The largest absolute Gasteiger partial charge is 0.343 e. The van der Waals surface area contributed by atoms with Gasteiger partial charge in [0.15, 0.2) is 11.6 Å². The molecule has 1 aromatic rings. The minimum Gasteiger partial charge on any atom is -0.343 e. The molecule has 0 aromatic carbocycles. The zero-order valence-corrected chi connectivity index (χ0v) is 9.68. The van der Waals surface area contributed by atoms with E-state index in [1.165, 1.54) is 11.3 Å². The highest BCUT2D eigenvalue weighted by Gasteiger charge is 2.68. The van der Waals surface area contributed by atoms with Crippen molar-refractivity contribution in [3.8, 4) is 0 Å². The van der Waals surface area contributed by atoms with E-state index in [0.29, 0.717) is 6.61 Å². The number of ether oxygens (including phenoxy) is 2. The molecule has 3 heterocycles. The second-order valence-corrected chi connectivity index (χ2v) is 5.66. The lowest BCUT2D eigenvalue weighted by Crippen LogP contribution is -2.30. The number of hydrogen-bond donors (Lipinski definition) is 0. The van der Waals surface area contributed by atoms with Crippen LogP contribution in [0.2, 0.25) is 0 Å². The Morgan fingerprint density at radius 3 is 3.12 bits per heavy atom. The Hall–Kier alpha value is -1.04. The van der Waals surface area contributed by atoms with E-state index in [4.69, 9.17) is 9.47 Å². The molecule has 3 fully saturated rings. The molecule has 1 saturated carbocycles. The molecule has 5 atom stereocenters. The first-order chi connectivity index (χ1) is 8.27. The maximum Gasteiger partial charge on any atom is 0.218 e. The fourth-order valence-electron chi connectivity index (χ4n) is 3.01. The lowest BCUT2D eigenvalue weighted by Gasteiger charge is -2.14. The van der Waals surface area contributed by atoms with Crippen LogP contribution in [0, 0.1) is 17.8 Å². The molecular formula is C12H10O4S. The Morgan fingerprint density at radius 2 is 2.35 bits per heavy atom. The summed E-state index contributed by atoms with van der Waals surface area (Å²) in [4.78, 5) is 24.9. The van der Waals surface area contributed by atoms with Crippen LogP contribution in [0.4, 0.5) is 0 Å². The van der Waals surface area contributed by atoms with Crippen molar-refractivity contribution >= 4 is 22.9 Å². The predicted molar refractivity (Wildman–Crippen MR) is 58.7 cm³/mol. The van der Waals surface area contributed by atoms with Gasteiger partial charge in [-0.25, -0.2) is 0 Å². The fourth-order valence-corrected chi connectivity index (χ4v) is 3.73. The first-order valence-corrected chi connectivity index (χ1v) is 6.54. The van der Waals surface area contributed by atoms with Gasteiger partial charge in [-0.05, 0) is 11.4 Å². The van der Waals surface area contributed by atoms with Crippen LogP contribution in [0.3, 0.4) is 0 Å². The van der Waals surface area contributed by atoms with Crippen LogP contribution in [-0.2, 0) is 14.3 Å². The standard InChI is InChI=1S/C12H10O4S/c13-10(6-2-1-3-17-6)8-7-5-4-15-12(16-5)11(14)9(7)8/h1-3,5,7-9,12H,4H2/t5-,7-,8+,9+,12+/m1/s1. The van der Waals surface area contributed by atoms with E-state index < -0.39 is 6.29 Å². The van der Waals surface area contributed by atoms with Crippen molar-refractivity contribution in [2.75, 3.05) is 6.61 Å². The third-order valence-corrected chi connectivity index (χ3v) is 4.73. The molecule has 2 saturated heterocycles. The van der Waals surface area contributed by atoms with Crippen LogP contribution < -0.4 is 0 Å². The topological polar surface area (TPSA) is 52.6 Å². The Bertz CT molecular complexity index is 495. The summed E-state index contributed by atoms with van der Waals surface area (Å²) in [5.74, 6) is -0.218. The zero-order chi connectivity index (χ0) is 11.6. The van der Waals surface area contributed by atoms with E-state index in [0.717, 1.165) is 4.88 Å². The molecule has 4 nitrogen and oxygen atoms in total. The van der Waals surface area contributed by atoms with Gasteiger partial charge in [-0.1, -0.05) is 6.07 Å². The van der Waals surface area contributed by atoms with Gasteiger partial charge in [0, 0.05) is 17.8 Å². The van der Waals surface area contributed by atoms with Crippen LogP contribution in [0.25, 0.3) is 0 Å². The van der Waals surface area contributed by atoms with Crippen molar-refractivity contribution in [1.29, 1.82) is 0 Å². The van der Waals surface area contributed by atoms with Gasteiger partial charge in [-0.2, -0.15) is 0 Å². The highest BCUT2D eigenvalue weighted by molar-refractivity contribution is 7.12. The summed E-state index contributed by atoms with van der Waals surface area (Å²) in [6.07, 6.45) is -0.765. The second kappa shape index (κ2) is 3.25. The molecule has 0 N–H and O–H groups in total. The van der Waals surface area contributed by atoms with E-state index in [9.17, 15) is 9.59 Å². The van der Waals surface area contributed by atoms with Crippen molar-refractivity contribution in [1.82, 2.24) is 0 Å². The Morgan fingerprint density at radius 1 is 1.47 bits per heavy atom. The fraction of sp³-hybridized carbons (Fsp3) is 0.500. The molecule has 2 bridgehead atoms. The van der Waals surface area contributed by atoms with E-state index in [1.54, 1.807) is 0 Å². The number of rotatable bonds is 2. The van der Waals surface area contributed by atoms with Crippen LogP contribution in [0.5, 0.6) is 0 Å². The quantitative estimate of drug-likeness (QED) is 0.738. The maximum absolute atomic E-state index is 12.2. The molecule has 0 amide bonds. The molecule has 4 rings (SSSR count). The number of carbonyl (C=O) groups is 2. The van der Waals surface area contributed by atoms with Crippen molar-refractivity contribution < 1.29 is 19.1 Å². The first-order valence-electron chi connectivity index (χ1n) is 5.66. The Balaban J connectivity index is 1.63. The molecule has 1 aliphatic carbocycles. The van der Waals surface area contributed by atoms with Gasteiger partial charge >= 0.3 is 0 Å². The lowest BCUT2D eigenvalue weighted by molar-refractivity contribution is -0.153. The maximum atomic E-state index is 12.2. The summed E-state index contributed by atoms with van der Waals surface area (Å²) in [6.45, 7) is 0.450. The van der Waals surface area contributed by atoms with Crippen LogP contribution >= 0.6 is 11.3 Å². The van der Waals surface area contributed by atoms with Crippen LogP contribution in [-0.4, -0.2) is 30.6 Å². The van der Waals surface area contributed by atoms with Gasteiger partial charge < -0.3 is 9.47 Å². The van der Waals surface area contributed by atoms with Crippen LogP contribution in [0.15, 0.2) is 17.5 Å². The van der Waals surface area contributed by atoms with E-state index in [1.807, 2.05) is 17.5 Å². The molecule has 0 unspecified atom stereocenters. The summed E-state index contributed by atoms with van der Waals surface area (Å²) in [5.41, 5.74) is 0. The molecular weight excluding hydrogens is 240 g/mol. The molecule has 17 heavy (non-hydrogen) atoms. The summed E-state index contributed by atoms with van der Waals surface area (Å²) in [7, 11) is 0. The summed E-state index contributed by atoms with van der Waals surface area (Å²) in [6, 6.07) is 3.68. The molecule has 0 spiro atoms. The van der Waals surface area contributed by atoms with Gasteiger partial charge in [0.1, 0.15) is 0 Å². The monoisotopic (exact) mass is 250 g/mol. The third kappa shape index (κ3) is 1.24. The number of hydrogen-bond acceptors (Lipinski definition) is 5. The Kier molecular flexibility index (Phi) is 1.90. The summed E-state index contributed by atoms with van der Waals surface area (Å²) >= 11 is 1.43. The van der Waals surface area contributed by atoms with Gasteiger partial charge in [0.25, 0.3) is 0 Å². The highest BCUT2D eigenvalue weighted by atomic mass is 32.1. The molecule has 5 heteroatoms. The number of carbonyl (C=O) groups excluding carboxylic acids is 2. The minimum absolute atomic E-state index is 0.0429. The number of thiophene rings is 1. The average molecular weight is 250 g/mol. The first kappa shape index (κ1) is 9.94. The normalized spacial score (nSPS) is 42.4. The molecule has 2 aliphatic heterocycles. The predicted octanol–water partition coefficient (Wildman–Crippen LogP) is 1.12. The summed E-state index contributed by atoms with van der Waals surface area (Å²) in [5, 5.41) is 1.88. The van der Waals surface area contributed by atoms with Crippen molar-refractivity contribution in [3.05, 3.63) is 22.4 Å². The molecule has 0 radical (unpaired) electrons. The third-order valence-electron chi connectivity index (χ3n) is 3.84. The Labute approximate surface area is 102 Å².